The van der Waals surface area contributed by atoms with Crippen molar-refractivity contribution in [2.24, 2.45) is 0 Å². The fourth-order valence-corrected chi connectivity index (χ4v) is 1.75. The highest BCUT2D eigenvalue weighted by molar-refractivity contribution is 6.30. The van der Waals surface area contributed by atoms with Gasteiger partial charge in [-0.1, -0.05) is 17.7 Å². The molecule has 0 amide bonds. The molecule has 0 fully saturated rings. The minimum absolute atomic E-state index is 0.00727. The van der Waals surface area contributed by atoms with Gasteiger partial charge in [-0.05, 0) is 30.3 Å². The van der Waals surface area contributed by atoms with Crippen LogP contribution in [0.25, 0.3) is 11.1 Å². The Hall–Kier alpha value is -1.92. The van der Waals surface area contributed by atoms with E-state index in [9.17, 15) is 8.78 Å². The molecule has 0 aliphatic carbocycles. The van der Waals surface area contributed by atoms with Crippen molar-refractivity contribution < 1.29 is 8.78 Å². The van der Waals surface area contributed by atoms with Crippen LogP contribution in [0.3, 0.4) is 0 Å². The molecule has 0 heterocycles. The number of benzene rings is 2. The van der Waals surface area contributed by atoms with Crippen molar-refractivity contribution in [1.29, 1.82) is 5.26 Å². The molecule has 0 saturated heterocycles. The van der Waals surface area contributed by atoms with Gasteiger partial charge in [0.15, 0.2) is 0 Å². The highest BCUT2D eigenvalue weighted by Crippen LogP contribution is 2.30. The molecular formula is C13H6ClF2N. The topological polar surface area (TPSA) is 23.8 Å². The van der Waals surface area contributed by atoms with E-state index in [1.807, 2.05) is 6.07 Å². The summed E-state index contributed by atoms with van der Waals surface area (Å²) in [5.41, 5.74) is 0.00770. The van der Waals surface area contributed by atoms with E-state index in [2.05, 4.69) is 0 Å². The first-order chi connectivity index (χ1) is 8.13. The molecule has 0 radical (unpaired) electrons. The maximum absolute atomic E-state index is 13.7. The van der Waals surface area contributed by atoms with E-state index in [0.717, 1.165) is 6.07 Å². The van der Waals surface area contributed by atoms with Gasteiger partial charge in [0.05, 0.1) is 11.6 Å². The summed E-state index contributed by atoms with van der Waals surface area (Å²) in [5, 5.41) is 9.18. The average Bonchev–Trinajstić information content (AvgIpc) is 2.32. The molecule has 84 valence electrons. The summed E-state index contributed by atoms with van der Waals surface area (Å²) in [5.74, 6) is -1.26. The van der Waals surface area contributed by atoms with Crippen molar-refractivity contribution in [2.75, 3.05) is 0 Å². The molecule has 0 aliphatic rings. The Bertz CT molecular complexity index is 617. The third-order valence-electron chi connectivity index (χ3n) is 2.33. The fourth-order valence-electron chi connectivity index (χ4n) is 1.58. The van der Waals surface area contributed by atoms with Crippen molar-refractivity contribution in [3.8, 4) is 17.2 Å². The third kappa shape index (κ3) is 2.13. The van der Waals surface area contributed by atoms with Gasteiger partial charge in [-0.2, -0.15) is 5.26 Å². The maximum Gasteiger partial charge on any atom is 0.132 e. The van der Waals surface area contributed by atoms with Crippen LogP contribution < -0.4 is 0 Å². The van der Waals surface area contributed by atoms with Gasteiger partial charge in [0.25, 0.3) is 0 Å². The van der Waals surface area contributed by atoms with Crippen molar-refractivity contribution in [3.63, 3.8) is 0 Å². The monoisotopic (exact) mass is 249 g/mol. The van der Waals surface area contributed by atoms with Crippen LogP contribution in [0.5, 0.6) is 0 Å². The zero-order valence-corrected chi connectivity index (χ0v) is 9.30. The maximum atomic E-state index is 13.7. The van der Waals surface area contributed by atoms with Gasteiger partial charge in [-0.25, -0.2) is 8.78 Å². The van der Waals surface area contributed by atoms with Crippen molar-refractivity contribution in [3.05, 3.63) is 58.6 Å². The zero-order valence-electron chi connectivity index (χ0n) is 8.55. The zero-order chi connectivity index (χ0) is 12.4. The first-order valence-electron chi connectivity index (χ1n) is 4.77. The number of hydrogen-bond acceptors (Lipinski definition) is 1. The van der Waals surface area contributed by atoms with Gasteiger partial charge in [0.1, 0.15) is 11.6 Å². The smallest absolute Gasteiger partial charge is 0.132 e. The summed E-state index contributed by atoms with van der Waals surface area (Å²) in [6.45, 7) is 0. The number of halogens is 3. The first kappa shape index (κ1) is 11.6. The van der Waals surface area contributed by atoms with Crippen molar-refractivity contribution in [1.82, 2.24) is 0 Å². The summed E-state index contributed by atoms with van der Waals surface area (Å²) in [6.07, 6.45) is 0. The number of rotatable bonds is 1. The Labute approximate surface area is 102 Å². The Kier molecular flexibility index (Phi) is 3.08. The number of hydrogen-bond donors (Lipinski definition) is 0. The highest BCUT2D eigenvalue weighted by Gasteiger charge is 2.14. The van der Waals surface area contributed by atoms with Crippen LogP contribution in [0.15, 0.2) is 36.4 Å². The molecule has 0 unspecified atom stereocenters. The second-order valence-corrected chi connectivity index (χ2v) is 3.83. The van der Waals surface area contributed by atoms with Crippen molar-refractivity contribution >= 4 is 11.6 Å². The quantitative estimate of drug-likeness (QED) is 0.745. The Morgan fingerprint density at radius 3 is 2.53 bits per heavy atom. The lowest BCUT2D eigenvalue weighted by molar-refractivity contribution is 0.616. The molecule has 0 aliphatic heterocycles. The second kappa shape index (κ2) is 4.52. The van der Waals surface area contributed by atoms with Crippen LogP contribution in [0, 0.1) is 23.0 Å². The van der Waals surface area contributed by atoms with E-state index in [1.54, 1.807) is 0 Å². The molecule has 2 rings (SSSR count). The standard InChI is InChI=1S/C13H6ClF2N/c14-9-4-5-11(15)10(6-9)13-8(7-17)2-1-3-12(13)16/h1-6H. The van der Waals surface area contributed by atoms with Crippen LogP contribution in [0.2, 0.25) is 5.02 Å². The molecule has 2 aromatic carbocycles. The van der Waals surface area contributed by atoms with E-state index >= 15 is 0 Å². The Morgan fingerprint density at radius 1 is 1.06 bits per heavy atom. The Balaban J connectivity index is 2.77. The summed E-state index contributed by atoms with van der Waals surface area (Å²) < 4.78 is 27.3. The van der Waals surface area contributed by atoms with Crippen LogP contribution in [0.4, 0.5) is 8.78 Å². The normalized spacial score (nSPS) is 10.0. The molecule has 1 nitrogen and oxygen atoms in total. The molecule has 0 atom stereocenters. The van der Waals surface area contributed by atoms with Crippen LogP contribution in [-0.2, 0) is 0 Å². The van der Waals surface area contributed by atoms with Gasteiger partial charge in [-0.3, -0.25) is 0 Å². The molecule has 0 N–H and O–H groups in total. The predicted molar refractivity (Wildman–Crippen MR) is 61.5 cm³/mol. The lowest BCUT2D eigenvalue weighted by Gasteiger charge is -2.07. The van der Waals surface area contributed by atoms with E-state index in [0.29, 0.717) is 0 Å². The fraction of sp³-hybridized carbons (Fsp3) is 0. The minimum Gasteiger partial charge on any atom is -0.206 e. The Morgan fingerprint density at radius 2 is 1.82 bits per heavy atom. The molecule has 4 heteroatoms. The molecule has 17 heavy (non-hydrogen) atoms. The van der Waals surface area contributed by atoms with Gasteiger partial charge in [0, 0.05) is 16.1 Å². The van der Waals surface area contributed by atoms with Crippen LogP contribution in [-0.4, -0.2) is 0 Å². The van der Waals surface area contributed by atoms with Crippen LogP contribution in [0.1, 0.15) is 5.56 Å². The van der Waals surface area contributed by atoms with E-state index in [1.165, 1.54) is 30.3 Å². The molecule has 0 aromatic heterocycles. The van der Waals surface area contributed by atoms with E-state index < -0.39 is 11.6 Å². The molecular weight excluding hydrogens is 244 g/mol. The largest absolute Gasteiger partial charge is 0.206 e. The lowest BCUT2D eigenvalue weighted by atomic mass is 9.99. The second-order valence-electron chi connectivity index (χ2n) is 3.40. The van der Waals surface area contributed by atoms with Gasteiger partial charge >= 0.3 is 0 Å². The molecule has 0 spiro atoms. The summed E-state index contributed by atoms with van der Waals surface area (Å²) in [4.78, 5) is 0. The first-order valence-corrected chi connectivity index (χ1v) is 5.15. The van der Waals surface area contributed by atoms with Gasteiger partial charge < -0.3 is 0 Å². The third-order valence-corrected chi connectivity index (χ3v) is 2.57. The number of nitrogens with zero attached hydrogens (tertiary/aromatic N) is 1. The van der Waals surface area contributed by atoms with Gasteiger partial charge in [0.2, 0.25) is 0 Å². The summed E-state index contributed by atoms with van der Waals surface area (Å²) in [7, 11) is 0. The van der Waals surface area contributed by atoms with Crippen LogP contribution >= 0.6 is 11.6 Å². The number of nitriles is 1. The van der Waals surface area contributed by atoms with Gasteiger partial charge in [-0.15, -0.1) is 0 Å². The van der Waals surface area contributed by atoms with E-state index in [4.69, 9.17) is 16.9 Å². The molecule has 2 aromatic rings. The SMILES string of the molecule is N#Cc1cccc(F)c1-c1cc(Cl)ccc1F. The van der Waals surface area contributed by atoms with E-state index in [-0.39, 0.29) is 21.7 Å². The minimum atomic E-state index is -0.648. The summed E-state index contributed by atoms with van der Waals surface area (Å²) >= 11 is 5.74. The molecule has 0 bridgehead atoms. The highest BCUT2D eigenvalue weighted by atomic mass is 35.5. The predicted octanol–water partition coefficient (Wildman–Crippen LogP) is 4.16. The lowest BCUT2D eigenvalue weighted by Crippen LogP contribution is -1.92. The molecule has 0 saturated carbocycles. The van der Waals surface area contributed by atoms with Crippen molar-refractivity contribution in [2.45, 2.75) is 0 Å². The average molecular weight is 250 g/mol. The summed E-state index contributed by atoms with van der Waals surface area (Å²) in [6, 6.07) is 9.66.